The summed E-state index contributed by atoms with van der Waals surface area (Å²) in [5, 5.41) is 10.8. The number of rotatable bonds is 20. The molecule has 72 heavy (non-hydrogen) atoms. The first-order valence-corrected chi connectivity index (χ1v) is 23.2. The summed E-state index contributed by atoms with van der Waals surface area (Å²) in [4.78, 5) is 24.0. The fourth-order valence-corrected chi connectivity index (χ4v) is 9.75. The molecule has 4 aromatic carbocycles. The van der Waals surface area contributed by atoms with E-state index in [2.05, 4.69) is 21.0 Å². The number of hydrogen-bond acceptors (Lipinski definition) is 13. The molecule has 0 aliphatic carbocycles. The number of benzene rings is 4. The Bertz CT molecular complexity index is 2810. The predicted octanol–water partition coefficient (Wildman–Crippen LogP) is 10.8. The van der Waals surface area contributed by atoms with Gasteiger partial charge in [-0.25, -0.2) is 22.8 Å². The van der Waals surface area contributed by atoms with Gasteiger partial charge in [0.1, 0.15) is 29.4 Å². The Morgan fingerprint density at radius 2 is 1.40 bits per heavy atom. The molecule has 0 bridgehead atoms. The van der Waals surface area contributed by atoms with Crippen LogP contribution in [0.4, 0.5) is 41.1 Å². The number of methoxy groups -OCH3 is 2. The first-order valence-electron chi connectivity index (χ1n) is 22.0. The van der Waals surface area contributed by atoms with Gasteiger partial charge in [-0.2, -0.15) is 37.2 Å². The van der Waals surface area contributed by atoms with Crippen molar-refractivity contribution in [3.8, 4) is 29.2 Å². The predicted molar refractivity (Wildman–Crippen MR) is 243 cm³/mol. The van der Waals surface area contributed by atoms with E-state index >= 15 is 0 Å². The molecule has 1 N–H and O–H groups in total. The van der Waals surface area contributed by atoms with Crippen molar-refractivity contribution >= 4 is 31.5 Å². The number of hydrogen-bond donors (Lipinski definition) is 1. The average Bonchev–Trinajstić information content (AvgIpc) is 3.98. The number of fused-ring (bicyclic) bond motifs is 1. The number of nitriles is 1. The second-order valence-electron chi connectivity index (χ2n) is 16.5. The molecule has 15 nitrogen and oxygen atoms in total. The van der Waals surface area contributed by atoms with Crippen molar-refractivity contribution in [2.45, 2.75) is 82.8 Å². The highest BCUT2D eigenvalue weighted by molar-refractivity contribution is 7.44. The maximum atomic E-state index is 15.0. The van der Waals surface area contributed by atoms with E-state index in [1.54, 1.807) is 24.3 Å². The van der Waals surface area contributed by atoms with Crippen LogP contribution >= 0.6 is 8.53 Å². The third-order valence-corrected chi connectivity index (χ3v) is 13.4. The molecule has 3 heterocycles. The average molecular weight is 1030 g/mol. The lowest BCUT2D eigenvalue weighted by molar-refractivity contribution is -0.167. The monoisotopic (exact) mass is 1030 g/mol. The highest BCUT2D eigenvalue weighted by Gasteiger charge is 2.46. The van der Waals surface area contributed by atoms with Gasteiger partial charge in [-0.3, -0.25) is 14.7 Å². The Balaban J connectivity index is 1.37. The zero-order valence-electron chi connectivity index (χ0n) is 39.2. The number of nitrogens with one attached hydrogen (secondary N) is 1. The Morgan fingerprint density at radius 1 is 0.847 bits per heavy atom. The molecule has 6 aromatic rings. The number of imidazole rings is 1. The minimum Gasteiger partial charge on any atom is -0.497 e. The van der Waals surface area contributed by atoms with Crippen LogP contribution in [0.1, 0.15) is 63.5 Å². The molecule has 382 valence electrons. The van der Waals surface area contributed by atoms with E-state index in [0.29, 0.717) is 28.2 Å². The molecule has 24 heteroatoms. The van der Waals surface area contributed by atoms with Crippen LogP contribution < -0.4 is 19.5 Å². The summed E-state index contributed by atoms with van der Waals surface area (Å²) in [6.07, 6.45) is -7.83. The van der Waals surface area contributed by atoms with E-state index < -0.39 is 102 Å². The summed E-state index contributed by atoms with van der Waals surface area (Å²) < 4.78 is 160. The van der Waals surface area contributed by atoms with Gasteiger partial charge in [0.05, 0.1) is 52.4 Å². The minimum absolute atomic E-state index is 0.0102. The first-order chi connectivity index (χ1) is 34.3. The third kappa shape index (κ3) is 11.1. The van der Waals surface area contributed by atoms with Gasteiger partial charge < -0.3 is 32.7 Å². The molecule has 0 saturated carbocycles. The number of halogens is 8. The van der Waals surface area contributed by atoms with Crippen molar-refractivity contribution in [3.63, 3.8) is 0 Å². The summed E-state index contributed by atoms with van der Waals surface area (Å²) in [6, 6.07) is 25.5. The van der Waals surface area contributed by atoms with Gasteiger partial charge in [0.15, 0.2) is 11.2 Å². The van der Waals surface area contributed by atoms with Crippen molar-refractivity contribution in [3.05, 3.63) is 131 Å². The Labute approximate surface area is 408 Å². The van der Waals surface area contributed by atoms with Gasteiger partial charge in [0, 0.05) is 18.5 Å². The molecule has 7 rings (SSSR count). The highest BCUT2D eigenvalue weighted by atomic mass is 31.2. The number of ether oxygens (including phenoxy) is 5. The lowest BCUT2D eigenvalue weighted by atomic mass is 9.80. The molecule has 0 spiro atoms. The second-order valence-corrected chi connectivity index (χ2v) is 17.9. The van der Waals surface area contributed by atoms with Gasteiger partial charge in [0.25, 0.3) is 14.4 Å². The zero-order valence-corrected chi connectivity index (χ0v) is 40.1. The van der Waals surface area contributed by atoms with Crippen molar-refractivity contribution in [1.82, 2.24) is 24.2 Å². The van der Waals surface area contributed by atoms with Crippen LogP contribution in [0.15, 0.2) is 85.2 Å². The molecule has 1 aliphatic heterocycles. The lowest BCUT2D eigenvalue weighted by Gasteiger charge is -2.39. The Morgan fingerprint density at radius 3 is 1.93 bits per heavy atom. The Hall–Kier alpha value is -6.54. The van der Waals surface area contributed by atoms with Gasteiger partial charge >= 0.3 is 12.1 Å². The van der Waals surface area contributed by atoms with Crippen LogP contribution in [-0.2, 0) is 28.9 Å². The number of anilines is 1. The summed E-state index contributed by atoms with van der Waals surface area (Å²) in [5.74, 6) is -17.8. The SMILES string of the molecule is COc1ccc(C(OC[C@H]2O[C@@H](n3cnc4c(Oc5c(F)c(F)c(F)c(F)c5F)nc(NC(=O)C(F)(F)F)nc43)C[C@@H]2OP(OCCC#N)N(C(C)C)C(C)C)(c2ccccc2)c2ccc(OC)cc2)cc1. The largest absolute Gasteiger partial charge is 0.497 e. The van der Waals surface area contributed by atoms with Gasteiger partial charge in [-0.1, -0.05) is 54.6 Å². The number of amides is 1. The number of nitrogens with zero attached hydrogens (tertiary/aromatic N) is 6. The number of carbonyl (C=O) groups is 1. The quantitative estimate of drug-likeness (QED) is 0.0192. The maximum absolute atomic E-state index is 15.0. The fourth-order valence-electron chi connectivity index (χ4n) is 8.00. The van der Waals surface area contributed by atoms with Crippen molar-refractivity contribution in [2.75, 3.05) is 32.8 Å². The van der Waals surface area contributed by atoms with E-state index in [0.717, 1.165) is 6.33 Å². The first kappa shape index (κ1) is 53.3. The summed E-state index contributed by atoms with van der Waals surface area (Å²) in [5.41, 5.74) is -0.441. The van der Waals surface area contributed by atoms with E-state index in [1.807, 2.05) is 87.0 Å². The molecule has 1 unspecified atom stereocenters. The molecule has 2 aromatic heterocycles. The topological polar surface area (TPSA) is 164 Å². The molecule has 1 saturated heterocycles. The van der Waals surface area contributed by atoms with E-state index in [9.17, 15) is 45.2 Å². The van der Waals surface area contributed by atoms with Crippen molar-refractivity contribution < 1.29 is 72.6 Å². The molecular weight excluding hydrogens is 986 g/mol. The lowest BCUT2D eigenvalue weighted by Crippen LogP contribution is -2.39. The van der Waals surface area contributed by atoms with Gasteiger partial charge in [0.2, 0.25) is 40.8 Å². The van der Waals surface area contributed by atoms with Crippen LogP contribution in [0.25, 0.3) is 11.2 Å². The summed E-state index contributed by atoms with van der Waals surface area (Å²) >= 11 is 0. The second kappa shape index (κ2) is 22.5. The third-order valence-electron chi connectivity index (χ3n) is 11.3. The standard InChI is InChI=1S/C48H46F8N7O8P/c1-26(2)63(27(3)4)72(68-22-10-21-57)71-33-23-35(62-25-58-41-43(62)59-46(61-45(64)48(54,55)56)60-44(41)70-42-39(52)37(50)36(49)38(51)40(42)53)69-34(33)24-67-47(28-11-8-7-9-12-28,29-13-17-31(65-5)18-14-29)30-15-19-32(66-6)20-16-30/h7-9,11-20,25-27,33-35H,10,22-24H2,1-6H3,(H,59,60,61,64)/t33-,34+,35+,72?/m0/s1. The molecule has 1 aliphatic rings. The van der Waals surface area contributed by atoms with Crippen molar-refractivity contribution in [2.24, 2.45) is 0 Å². The normalized spacial score (nSPS) is 16.6. The minimum atomic E-state index is -5.51. The summed E-state index contributed by atoms with van der Waals surface area (Å²) in [6.45, 7) is 7.44. The van der Waals surface area contributed by atoms with E-state index in [4.69, 9.17) is 32.7 Å². The Kier molecular flexibility index (Phi) is 16.6. The summed E-state index contributed by atoms with van der Waals surface area (Å²) in [7, 11) is 1.08. The fraction of sp³-hybridized carbons (Fsp3) is 0.354. The van der Waals surface area contributed by atoms with Gasteiger partial charge in [-0.15, -0.1) is 0 Å². The number of aromatic nitrogens is 4. The highest BCUT2D eigenvalue weighted by Crippen LogP contribution is 2.51. The van der Waals surface area contributed by atoms with Crippen LogP contribution in [0.5, 0.6) is 23.1 Å². The molecule has 1 amide bonds. The number of alkyl halides is 3. The molecule has 0 radical (unpaired) electrons. The van der Waals surface area contributed by atoms with Crippen molar-refractivity contribution in [1.29, 1.82) is 5.26 Å². The maximum Gasteiger partial charge on any atom is 0.471 e. The van der Waals surface area contributed by atoms with E-state index in [-0.39, 0.29) is 38.1 Å². The van der Waals surface area contributed by atoms with Gasteiger partial charge in [-0.05, 0) is 68.7 Å². The van der Waals surface area contributed by atoms with Crippen LogP contribution in [0, 0.1) is 40.4 Å². The van der Waals surface area contributed by atoms with Crippen LogP contribution in [0.2, 0.25) is 0 Å². The van der Waals surface area contributed by atoms with Crippen LogP contribution in [0.3, 0.4) is 0 Å². The molecular formula is C48H46F8N7O8P. The smallest absolute Gasteiger partial charge is 0.471 e. The molecule has 1 fully saturated rings. The zero-order chi connectivity index (χ0) is 52.1. The van der Waals surface area contributed by atoms with Crippen LogP contribution in [-0.4, -0.2) is 88.0 Å². The number of carbonyl (C=O) groups excluding carboxylic acids is 1. The molecule has 4 atom stereocenters. The van der Waals surface area contributed by atoms with E-state index in [1.165, 1.54) is 24.1 Å².